The van der Waals surface area contributed by atoms with Gasteiger partial charge >= 0.3 is 0 Å². The van der Waals surface area contributed by atoms with E-state index in [4.69, 9.17) is 0 Å². The van der Waals surface area contributed by atoms with Crippen molar-refractivity contribution >= 4 is 17.2 Å². The molecule has 19 heavy (non-hydrogen) atoms. The van der Waals surface area contributed by atoms with Crippen LogP contribution in [0, 0.1) is 11.8 Å². The zero-order valence-corrected chi connectivity index (χ0v) is 12.7. The Balaban J connectivity index is 1.70. The second-order valence-electron chi connectivity index (χ2n) is 6.49. The Labute approximate surface area is 119 Å². The number of hydrogen-bond acceptors (Lipinski definition) is 2. The third kappa shape index (κ3) is 2.71. The minimum absolute atomic E-state index is 0.172. The lowest BCUT2D eigenvalue weighted by atomic mass is 9.88. The molecule has 0 spiro atoms. The third-order valence-electron chi connectivity index (χ3n) is 4.68. The lowest BCUT2D eigenvalue weighted by Crippen LogP contribution is -2.33. The fourth-order valence-electron chi connectivity index (χ4n) is 3.47. The van der Waals surface area contributed by atoms with E-state index in [0.29, 0.717) is 6.04 Å². The minimum Gasteiger partial charge on any atom is -0.349 e. The van der Waals surface area contributed by atoms with Crippen molar-refractivity contribution in [2.75, 3.05) is 0 Å². The number of carbonyl (C=O) groups excluding carboxylic acids is 1. The highest BCUT2D eigenvalue weighted by Crippen LogP contribution is 2.33. The first kappa shape index (κ1) is 13.2. The molecule has 104 valence electrons. The van der Waals surface area contributed by atoms with Crippen molar-refractivity contribution in [3.63, 3.8) is 0 Å². The number of hydrogen-bond donors (Lipinski definition) is 1. The van der Waals surface area contributed by atoms with E-state index in [0.717, 1.165) is 43.1 Å². The van der Waals surface area contributed by atoms with E-state index >= 15 is 0 Å². The van der Waals surface area contributed by atoms with E-state index in [1.807, 2.05) is 0 Å². The Morgan fingerprint density at radius 1 is 1.26 bits per heavy atom. The first-order valence-electron chi connectivity index (χ1n) is 7.53. The van der Waals surface area contributed by atoms with Gasteiger partial charge in [-0.25, -0.2) is 0 Å². The molecule has 3 heteroatoms. The summed E-state index contributed by atoms with van der Waals surface area (Å²) in [6, 6.07) is 0.403. The van der Waals surface area contributed by atoms with E-state index < -0.39 is 0 Å². The lowest BCUT2D eigenvalue weighted by molar-refractivity contribution is 0.0936. The molecule has 0 bridgehead atoms. The van der Waals surface area contributed by atoms with Gasteiger partial charge in [0.1, 0.15) is 0 Å². The van der Waals surface area contributed by atoms with E-state index in [1.54, 1.807) is 11.3 Å². The monoisotopic (exact) mass is 277 g/mol. The van der Waals surface area contributed by atoms with Gasteiger partial charge in [-0.1, -0.05) is 13.8 Å². The number of fused-ring (bicyclic) bond motifs is 1. The van der Waals surface area contributed by atoms with Crippen LogP contribution in [0.3, 0.4) is 0 Å². The van der Waals surface area contributed by atoms with Crippen LogP contribution in [0.25, 0.3) is 0 Å². The van der Waals surface area contributed by atoms with E-state index in [1.165, 1.54) is 23.3 Å². The predicted octanol–water partition coefficient (Wildman–Crippen LogP) is 3.79. The van der Waals surface area contributed by atoms with Crippen LogP contribution >= 0.6 is 11.3 Å². The molecule has 2 aliphatic rings. The Morgan fingerprint density at radius 2 is 2.11 bits per heavy atom. The van der Waals surface area contributed by atoms with E-state index in [-0.39, 0.29) is 5.91 Å². The molecule has 2 aliphatic carbocycles. The Bertz CT molecular complexity index is 479. The average Bonchev–Trinajstić information content (AvgIpc) is 2.95. The van der Waals surface area contributed by atoms with Crippen molar-refractivity contribution in [3.8, 4) is 0 Å². The molecule has 0 saturated heterocycles. The third-order valence-corrected chi connectivity index (χ3v) is 5.73. The molecule has 3 rings (SSSR count). The van der Waals surface area contributed by atoms with Crippen LogP contribution in [0.2, 0.25) is 0 Å². The number of rotatable bonds is 2. The Kier molecular flexibility index (Phi) is 3.66. The quantitative estimate of drug-likeness (QED) is 0.875. The number of nitrogens with one attached hydrogen (secondary N) is 1. The van der Waals surface area contributed by atoms with Crippen LogP contribution in [0.1, 0.15) is 60.3 Å². The summed E-state index contributed by atoms with van der Waals surface area (Å²) in [6.07, 6.45) is 7.03. The van der Waals surface area contributed by atoms with Gasteiger partial charge in [-0.3, -0.25) is 4.79 Å². The maximum atomic E-state index is 12.4. The molecule has 0 aromatic carbocycles. The fourth-order valence-corrected chi connectivity index (χ4v) is 4.71. The molecule has 0 radical (unpaired) electrons. The van der Waals surface area contributed by atoms with E-state index in [2.05, 4.69) is 24.5 Å². The summed E-state index contributed by atoms with van der Waals surface area (Å²) in [7, 11) is 0. The van der Waals surface area contributed by atoms with Gasteiger partial charge in [0.15, 0.2) is 0 Å². The van der Waals surface area contributed by atoms with Crippen molar-refractivity contribution < 1.29 is 4.79 Å². The summed E-state index contributed by atoms with van der Waals surface area (Å²) in [5.74, 6) is 1.71. The summed E-state index contributed by atoms with van der Waals surface area (Å²) in [6.45, 7) is 4.59. The first-order chi connectivity index (χ1) is 9.13. The predicted molar refractivity (Wildman–Crippen MR) is 79.8 cm³/mol. The minimum atomic E-state index is 0.172. The van der Waals surface area contributed by atoms with Crippen LogP contribution < -0.4 is 5.32 Å². The topological polar surface area (TPSA) is 29.1 Å². The molecule has 1 heterocycles. The van der Waals surface area contributed by atoms with Crippen LogP contribution in [-0.4, -0.2) is 11.9 Å². The molecular weight excluding hydrogens is 254 g/mol. The van der Waals surface area contributed by atoms with Crippen LogP contribution in [0.5, 0.6) is 0 Å². The van der Waals surface area contributed by atoms with Crippen molar-refractivity contribution in [3.05, 3.63) is 21.4 Å². The molecule has 1 saturated carbocycles. The molecular formula is C16H23NOS. The van der Waals surface area contributed by atoms with Crippen molar-refractivity contribution in [1.82, 2.24) is 5.32 Å². The summed E-state index contributed by atoms with van der Waals surface area (Å²) >= 11 is 1.78. The van der Waals surface area contributed by atoms with Gasteiger partial charge in [0.05, 0.1) is 5.56 Å². The highest BCUT2D eigenvalue weighted by Gasteiger charge is 2.26. The molecule has 1 aromatic heterocycles. The van der Waals surface area contributed by atoms with Gasteiger partial charge in [0.25, 0.3) is 5.91 Å². The highest BCUT2D eigenvalue weighted by atomic mass is 32.1. The van der Waals surface area contributed by atoms with Crippen molar-refractivity contribution in [2.45, 2.75) is 58.4 Å². The summed E-state index contributed by atoms with van der Waals surface area (Å²) in [5.41, 5.74) is 2.30. The molecule has 0 aliphatic heterocycles. The smallest absolute Gasteiger partial charge is 0.252 e. The second-order valence-corrected chi connectivity index (χ2v) is 7.45. The Hall–Kier alpha value is -0.830. The summed E-state index contributed by atoms with van der Waals surface area (Å²) in [5, 5.41) is 5.32. The standard InChI is InChI=1S/C16H23NOS/c1-10-3-5-12(7-10)17-16(18)14-9-19-15-8-11(2)4-6-13(14)15/h9-12H,3-8H2,1-2H3,(H,17,18). The normalized spacial score (nSPS) is 30.1. The molecule has 1 fully saturated rings. The zero-order chi connectivity index (χ0) is 13.4. The molecule has 3 atom stereocenters. The largest absolute Gasteiger partial charge is 0.349 e. The number of amides is 1. The van der Waals surface area contributed by atoms with Gasteiger partial charge in [0, 0.05) is 16.3 Å². The van der Waals surface area contributed by atoms with Crippen molar-refractivity contribution in [2.24, 2.45) is 11.8 Å². The van der Waals surface area contributed by atoms with Crippen LogP contribution in [0.15, 0.2) is 5.38 Å². The molecule has 3 unspecified atom stereocenters. The zero-order valence-electron chi connectivity index (χ0n) is 11.9. The van der Waals surface area contributed by atoms with Gasteiger partial charge in [0.2, 0.25) is 0 Å². The molecule has 1 amide bonds. The van der Waals surface area contributed by atoms with Crippen LogP contribution in [0.4, 0.5) is 0 Å². The highest BCUT2D eigenvalue weighted by molar-refractivity contribution is 7.10. The van der Waals surface area contributed by atoms with E-state index in [9.17, 15) is 4.79 Å². The van der Waals surface area contributed by atoms with Gasteiger partial charge < -0.3 is 5.32 Å². The Morgan fingerprint density at radius 3 is 2.84 bits per heavy atom. The summed E-state index contributed by atoms with van der Waals surface area (Å²) in [4.78, 5) is 13.9. The number of carbonyl (C=O) groups is 1. The van der Waals surface area contributed by atoms with Gasteiger partial charge in [-0.2, -0.15) is 0 Å². The fraction of sp³-hybridized carbons (Fsp3) is 0.688. The summed E-state index contributed by atoms with van der Waals surface area (Å²) < 4.78 is 0. The molecule has 1 N–H and O–H groups in total. The average molecular weight is 277 g/mol. The second kappa shape index (κ2) is 5.28. The molecule has 2 nitrogen and oxygen atoms in total. The first-order valence-corrected chi connectivity index (χ1v) is 8.41. The maximum absolute atomic E-state index is 12.4. The van der Waals surface area contributed by atoms with Gasteiger partial charge in [-0.15, -0.1) is 11.3 Å². The van der Waals surface area contributed by atoms with Crippen LogP contribution in [-0.2, 0) is 12.8 Å². The van der Waals surface area contributed by atoms with Crippen molar-refractivity contribution in [1.29, 1.82) is 0 Å². The van der Waals surface area contributed by atoms with Gasteiger partial charge in [-0.05, 0) is 55.9 Å². The number of thiophene rings is 1. The SMILES string of the molecule is CC1CCc2c(C(=O)NC3CCC(C)C3)csc2C1. The molecule has 1 aromatic rings. The lowest BCUT2D eigenvalue weighted by Gasteiger charge is -2.19. The maximum Gasteiger partial charge on any atom is 0.252 e.